The van der Waals surface area contributed by atoms with Crippen molar-refractivity contribution >= 4 is 80.1 Å². The first-order valence-electron chi connectivity index (χ1n) is 9.82. The van der Waals surface area contributed by atoms with Crippen LogP contribution in [0.2, 0.25) is 0 Å². The highest BCUT2D eigenvalue weighted by molar-refractivity contribution is 14.1. The largest absolute Gasteiger partial charge is 0.487 e. The van der Waals surface area contributed by atoms with Gasteiger partial charge in [0.05, 0.1) is 18.7 Å². The highest BCUT2D eigenvalue weighted by Crippen LogP contribution is 2.36. The van der Waals surface area contributed by atoms with Gasteiger partial charge in [-0.1, -0.05) is 29.8 Å². The number of hydrogen-bond donors (Lipinski definition) is 0. The molecule has 0 aromatic heterocycles. The average molecular weight is 677 g/mol. The van der Waals surface area contributed by atoms with Crippen molar-refractivity contribution in [3.63, 3.8) is 0 Å². The number of halogens is 2. The minimum absolute atomic E-state index is 0.185. The summed E-state index contributed by atoms with van der Waals surface area (Å²) in [7, 11) is 0. The van der Waals surface area contributed by atoms with Gasteiger partial charge in [0.2, 0.25) is 0 Å². The third-order valence-corrected chi connectivity index (χ3v) is 7.11. The Kier molecular flexibility index (Phi) is 8.62. The summed E-state index contributed by atoms with van der Waals surface area (Å²) in [6.45, 7) is 5.85. The van der Waals surface area contributed by atoms with E-state index in [1.54, 1.807) is 13.0 Å². The minimum Gasteiger partial charge on any atom is -0.487 e. The molecule has 2 amide bonds. The van der Waals surface area contributed by atoms with Crippen LogP contribution in [0.15, 0.2) is 41.3 Å². The highest BCUT2D eigenvalue weighted by atomic mass is 127. The van der Waals surface area contributed by atoms with Crippen LogP contribution in [0, 0.1) is 14.1 Å². The van der Waals surface area contributed by atoms with E-state index in [0.29, 0.717) is 6.61 Å². The lowest BCUT2D eigenvalue weighted by Crippen LogP contribution is -2.42. The third-order valence-electron chi connectivity index (χ3n) is 4.62. The van der Waals surface area contributed by atoms with Crippen molar-refractivity contribution in [2.75, 3.05) is 6.61 Å². The number of imide groups is 1. The second-order valence-corrected chi connectivity index (χ2v) is 10.4. The zero-order chi connectivity index (χ0) is 23.4. The molecule has 0 bridgehead atoms. The number of carbonyl (C=O) groups excluding carboxylic acids is 3. The lowest BCUT2D eigenvalue weighted by Gasteiger charge is -2.19. The van der Waals surface area contributed by atoms with Crippen LogP contribution in [0.1, 0.15) is 30.5 Å². The molecule has 0 spiro atoms. The fourth-order valence-electron chi connectivity index (χ4n) is 3.09. The highest BCUT2D eigenvalue weighted by Gasteiger charge is 2.41. The molecular weight excluding hydrogens is 656 g/mol. The van der Waals surface area contributed by atoms with E-state index in [2.05, 4.69) is 51.2 Å². The number of aryl methyl sites for hydroxylation is 1. The molecule has 0 radical (unpaired) electrons. The fraction of sp³-hybridized carbons (Fsp3) is 0.261. The molecule has 0 aliphatic carbocycles. The van der Waals surface area contributed by atoms with Crippen LogP contribution in [-0.2, 0) is 20.9 Å². The molecule has 9 heteroatoms. The molecule has 1 fully saturated rings. The van der Waals surface area contributed by atoms with Gasteiger partial charge in [-0.05, 0) is 107 Å². The first-order chi connectivity index (χ1) is 15.2. The number of carbonyl (C=O) groups is 3. The Balaban J connectivity index is 1.78. The number of esters is 1. The summed E-state index contributed by atoms with van der Waals surface area (Å²) in [6.07, 6.45) is 1.66. The molecule has 0 saturated carbocycles. The number of nitrogens with zero attached hydrogens (tertiary/aromatic N) is 1. The lowest BCUT2D eigenvalue weighted by atomic mass is 10.1. The maximum atomic E-state index is 12.8. The summed E-state index contributed by atoms with van der Waals surface area (Å²) < 4.78 is 12.8. The van der Waals surface area contributed by atoms with E-state index < -0.39 is 23.2 Å². The summed E-state index contributed by atoms with van der Waals surface area (Å²) in [5.41, 5.74) is 3.04. The van der Waals surface area contributed by atoms with Crippen LogP contribution >= 0.6 is 56.9 Å². The lowest BCUT2D eigenvalue weighted by molar-refractivity contribution is -0.150. The van der Waals surface area contributed by atoms with E-state index >= 15 is 0 Å². The molecule has 1 aliphatic rings. The van der Waals surface area contributed by atoms with Crippen molar-refractivity contribution in [2.24, 2.45) is 0 Å². The zero-order valence-electron chi connectivity index (χ0n) is 17.7. The Morgan fingerprint density at radius 3 is 2.50 bits per heavy atom. The molecule has 2 aromatic rings. The molecule has 0 N–H and O–H groups in total. The maximum Gasteiger partial charge on any atom is 0.329 e. The van der Waals surface area contributed by atoms with Gasteiger partial charge in [-0.2, -0.15) is 0 Å². The van der Waals surface area contributed by atoms with Crippen LogP contribution in [0.4, 0.5) is 4.79 Å². The Labute approximate surface area is 218 Å². The van der Waals surface area contributed by atoms with Gasteiger partial charge in [0.15, 0.2) is 0 Å². The Bertz CT molecular complexity index is 1080. The molecule has 168 valence electrons. The number of hydrogen-bond acceptors (Lipinski definition) is 6. The summed E-state index contributed by atoms with van der Waals surface area (Å²) in [5, 5.41) is -0.482. The molecule has 32 heavy (non-hydrogen) atoms. The fourth-order valence-corrected chi connectivity index (χ4v) is 6.13. The molecule has 1 aliphatic heterocycles. The summed E-state index contributed by atoms with van der Waals surface area (Å²) >= 11 is 5.22. The van der Waals surface area contributed by atoms with E-state index in [1.165, 1.54) is 12.5 Å². The smallest absolute Gasteiger partial charge is 0.329 e. The summed E-state index contributed by atoms with van der Waals surface area (Å²) in [5.74, 6) is -0.325. The topological polar surface area (TPSA) is 72.9 Å². The second-order valence-electron chi connectivity index (χ2n) is 7.07. The quantitative estimate of drug-likeness (QED) is 0.211. The van der Waals surface area contributed by atoms with Crippen LogP contribution in [0.5, 0.6) is 5.75 Å². The number of thioether (sulfide) groups is 1. The standard InChI is InChI=1S/C23H21I2NO5S/c1-4-30-22(28)14(3)26-21(27)19(32-23(26)29)11-16-9-17(24)20(18(25)10-16)31-12-15-7-5-6-13(2)8-15/h5-11,14H,4,12H2,1-3H3/b19-11+/t14-/m0/s1. The molecule has 1 heterocycles. The number of rotatable bonds is 7. The van der Waals surface area contributed by atoms with Gasteiger partial charge < -0.3 is 9.47 Å². The van der Waals surface area contributed by atoms with Gasteiger partial charge in [-0.15, -0.1) is 0 Å². The van der Waals surface area contributed by atoms with E-state index in [1.807, 2.05) is 37.3 Å². The molecule has 6 nitrogen and oxygen atoms in total. The van der Waals surface area contributed by atoms with Crippen molar-refractivity contribution in [1.82, 2.24) is 4.90 Å². The predicted molar refractivity (Wildman–Crippen MR) is 141 cm³/mol. The molecule has 2 aromatic carbocycles. The van der Waals surface area contributed by atoms with Crippen LogP contribution in [-0.4, -0.2) is 34.7 Å². The Morgan fingerprint density at radius 1 is 1.19 bits per heavy atom. The third kappa shape index (κ3) is 5.84. The molecule has 1 saturated heterocycles. The first kappa shape index (κ1) is 25.0. The van der Waals surface area contributed by atoms with Crippen molar-refractivity contribution < 1.29 is 23.9 Å². The second kappa shape index (κ2) is 11.0. The van der Waals surface area contributed by atoms with E-state index in [0.717, 1.165) is 40.7 Å². The van der Waals surface area contributed by atoms with Crippen LogP contribution in [0.25, 0.3) is 6.08 Å². The van der Waals surface area contributed by atoms with Gasteiger partial charge >= 0.3 is 5.97 Å². The van der Waals surface area contributed by atoms with Crippen molar-refractivity contribution in [2.45, 2.75) is 33.4 Å². The monoisotopic (exact) mass is 677 g/mol. The minimum atomic E-state index is -0.967. The normalized spacial score (nSPS) is 15.9. The SMILES string of the molecule is CCOC(=O)[C@H](C)N1C(=O)S/C(=C/c2cc(I)c(OCc3cccc(C)c3)c(I)c2)C1=O. The first-order valence-corrected chi connectivity index (χ1v) is 12.8. The number of benzene rings is 2. The maximum absolute atomic E-state index is 12.8. The van der Waals surface area contributed by atoms with Crippen LogP contribution < -0.4 is 4.74 Å². The molecule has 3 rings (SSSR count). The van der Waals surface area contributed by atoms with Crippen molar-refractivity contribution in [1.29, 1.82) is 0 Å². The summed E-state index contributed by atoms with van der Waals surface area (Å²) in [6, 6.07) is 11.0. The molecule has 1 atom stereocenters. The Hall–Kier alpha value is -1.60. The predicted octanol–water partition coefficient (Wildman–Crippen LogP) is 5.77. The van der Waals surface area contributed by atoms with E-state index in [9.17, 15) is 14.4 Å². The van der Waals surface area contributed by atoms with E-state index in [-0.39, 0.29) is 11.5 Å². The summed E-state index contributed by atoms with van der Waals surface area (Å²) in [4.78, 5) is 38.3. The Morgan fingerprint density at radius 2 is 1.88 bits per heavy atom. The van der Waals surface area contributed by atoms with Gasteiger partial charge in [0.25, 0.3) is 11.1 Å². The molecular formula is C23H21I2NO5S. The van der Waals surface area contributed by atoms with Crippen molar-refractivity contribution in [3.8, 4) is 5.75 Å². The number of ether oxygens (including phenoxy) is 2. The zero-order valence-corrected chi connectivity index (χ0v) is 22.8. The average Bonchev–Trinajstić information content (AvgIpc) is 3.00. The van der Waals surface area contributed by atoms with E-state index in [4.69, 9.17) is 9.47 Å². The van der Waals surface area contributed by atoms with Gasteiger partial charge in [0.1, 0.15) is 18.4 Å². The van der Waals surface area contributed by atoms with Crippen molar-refractivity contribution in [3.05, 3.63) is 65.1 Å². The van der Waals surface area contributed by atoms with Gasteiger partial charge in [-0.25, -0.2) is 4.79 Å². The molecule has 0 unspecified atom stereocenters. The van der Waals surface area contributed by atoms with Gasteiger partial charge in [0, 0.05) is 0 Å². The number of amides is 2. The van der Waals surface area contributed by atoms with Gasteiger partial charge in [-0.3, -0.25) is 14.5 Å². The van der Waals surface area contributed by atoms with Crippen LogP contribution in [0.3, 0.4) is 0 Å².